The van der Waals surface area contributed by atoms with Crippen molar-refractivity contribution < 1.29 is 19.4 Å². The minimum atomic E-state index is -1.84. The van der Waals surface area contributed by atoms with Crippen LogP contribution in [0.3, 0.4) is 0 Å². The summed E-state index contributed by atoms with van der Waals surface area (Å²) in [7, 11) is 1.63. The number of cyclic esters (lactones) is 1. The van der Waals surface area contributed by atoms with Crippen molar-refractivity contribution in [2.75, 3.05) is 7.11 Å². The zero-order valence-electron chi connectivity index (χ0n) is 17.9. The molecule has 0 saturated heterocycles. The molecular weight excluding hydrogens is 410 g/mol. The van der Waals surface area contributed by atoms with Crippen molar-refractivity contribution in [3.8, 4) is 17.1 Å². The van der Waals surface area contributed by atoms with Crippen molar-refractivity contribution >= 4 is 16.9 Å². The molecule has 4 heterocycles. The van der Waals surface area contributed by atoms with Crippen LogP contribution in [0.2, 0.25) is 0 Å². The number of pyridine rings is 2. The third-order valence-corrected chi connectivity index (χ3v) is 7.22. The maximum atomic E-state index is 13.4. The molecule has 2 atom stereocenters. The molecular formula is C24H23N3O5. The molecule has 3 aromatic rings. The molecule has 2 aliphatic heterocycles. The number of rotatable bonds is 2. The molecule has 1 aliphatic carbocycles. The predicted octanol–water partition coefficient (Wildman–Crippen LogP) is 2.03. The number of nitrogens with two attached hydrogens (primary N) is 1. The number of ether oxygens (including phenoxy) is 2. The van der Waals surface area contributed by atoms with Gasteiger partial charge in [-0.25, -0.2) is 9.78 Å². The van der Waals surface area contributed by atoms with E-state index in [4.69, 9.17) is 20.2 Å². The van der Waals surface area contributed by atoms with Crippen molar-refractivity contribution in [3.05, 3.63) is 56.4 Å². The number of esters is 1. The first-order valence-corrected chi connectivity index (χ1v) is 10.8. The molecule has 164 valence electrons. The second-order valence-electron chi connectivity index (χ2n) is 8.78. The highest BCUT2D eigenvalue weighted by molar-refractivity contribution is 5.93. The normalized spacial score (nSPS) is 22.9. The first-order valence-electron chi connectivity index (χ1n) is 10.8. The zero-order chi connectivity index (χ0) is 22.4. The lowest BCUT2D eigenvalue weighted by atomic mass is 9.83. The molecule has 3 N–H and O–H groups in total. The lowest BCUT2D eigenvalue weighted by Crippen LogP contribution is -2.44. The van der Waals surface area contributed by atoms with Gasteiger partial charge in [0.05, 0.1) is 36.1 Å². The van der Waals surface area contributed by atoms with Crippen LogP contribution in [0.1, 0.15) is 53.6 Å². The van der Waals surface area contributed by atoms with Gasteiger partial charge in [-0.05, 0) is 42.5 Å². The molecule has 32 heavy (non-hydrogen) atoms. The molecule has 8 nitrogen and oxygen atoms in total. The van der Waals surface area contributed by atoms with Crippen LogP contribution in [0.15, 0.2) is 23.0 Å². The Morgan fingerprint density at radius 2 is 2.12 bits per heavy atom. The summed E-state index contributed by atoms with van der Waals surface area (Å²) < 4.78 is 12.3. The van der Waals surface area contributed by atoms with E-state index in [0.29, 0.717) is 29.1 Å². The van der Waals surface area contributed by atoms with Crippen molar-refractivity contribution in [2.24, 2.45) is 5.73 Å². The van der Waals surface area contributed by atoms with Crippen LogP contribution in [-0.2, 0) is 34.7 Å². The highest BCUT2D eigenvalue weighted by Gasteiger charge is 2.45. The Labute approximate surface area is 183 Å². The second kappa shape index (κ2) is 6.40. The molecule has 1 aromatic carbocycles. The Balaban J connectivity index is 1.68. The average molecular weight is 433 g/mol. The Morgan fingerprint density at radius 1 is 1.31 bits per heavy atom. The topological polar surface area (TPSA) is 117 Å². The zero-order valence-corrected chi connectivity index (χ0v) is 17.9. The van der Waals surface area contributed by atoms with Crippen LogP contribution in [0, 0.1) is 0 Å². The lowest BCUT2D eigenvalue weighted by molar-refractivity contribution is -0.172. The minimum Gasteiger partial charge on any atom is -0.497 e. The third kappa shape index (κ3) is 2.31. The number of fused-ring (bicyclic) bond motifs is 5. The second-order valence-corrected chi connectivity index (χ2v) is 8.78. The smallest absolute Gasteiger partial charge is 0.343 e. The fourth-order valence-corrected chi connectivity index (χ4v) is 5.48. The van der Waals surface area contributed by atoms with Crippen LogP contribution in [0.4, 0.5) is 0 Å². The van der Waals surface area contributed by atoms with Crippen LogP contribution in [-0.4, -0.2) is 27.7 Å². The predicted molar refractivity (Wildman–Crippen MR) is 116 cm³/mol. The highest BCUT2D eigenvalue weighted by Crippen LogP contribution is 2.45. The van der Waals surface area contributed by atoms with Gasteiger partial charge in [-0.2, -0.15) is 0 Å². The van der Waals surface area contributed by atoms with Gasteiger partial charge in [-0.3, -0.25) is 4.79 Å². The van der Waals surface area contributed by atoms with E-state index in [1.807, 2.05) is 12.1 Å². The molecule has 0 spiro atoms. The van der Waals surface area contributed by atoms with E-state index in [0.717, 1.165) is 46.2 Å². The van der Waals surface area contributed by atoms with Gasteiger partial charge in [0.25, 0.3) is 5.56 Å². The molecule has 8 heteroatoms. The molecule has 0 bridgehead atoms. The van der Waals surface area contributed by atoms with E-state index in [2.05, 4.69) is 0 Å². The van der Waals surface area contributed by atoms with E-state index in [1.54, 1.807) is 24.7 Å². The summed E-state index contributed by atoms with van der Waals surface area (Å²) in [6, 6.07) is 5.49. The molecule has 3 aliphatic rings. The number of aliphatic hydroxyl groups is 1. The summed E-state index contributed by atoms with van der Waals surface area (Å²) in [5.41, 5.74) is 10.2. The van der Waals surface area contributed by atoms with Crippen LogP contribution in [0.25, 0.3) is 22.3 Å². The van der Waals surface area contributed by atoms with Gasteiger partial charge >= 0.3 is 5.97 Å². The maximum Gasteiger partial charge on any atom is 0.343 e. The van der Waals surface area contributed by atoms with Gasteiger partial charge in [0.15, 0.2) is 5.60 Å². The van der Waals surface area contributed by atoms with Gasteiger partial charge in [0.2, 0.25) is 0 Å². The third-order valence-electron chi connectivity index (χ3n) is 7.22. The summed E-state index contributed by atoms with van der Waals surface area (Å²) >= 11 is 0. The van der Waals surface area contributed by atoms with Crippen LogP contribution < -0.4 is 16.0 Å². The fraction of sp³-hybridized carbons (Fsp3) is 0.375. The summed E-state index contributed by atoms with van der Waals surface area (Å²) in [6.07, 6.45) is 1.74. The summed E-state index contributed by atoms with van der Waals surface area (Å²) in [5, 5.41) is 12.1. The van der Waals surface area contributed by atoms with Crippen molar-refractivity contribution in [1.29, 1.82) is 0 Å². The van der Waals surface area contributed by atoms with Gasteiger partial charge in [0.1, 0.15) is 12.4 Å². The first kappa shape index (κ1) is 19.5. The average Bonchev–Trinajstić information content (AvgIpc) is 3.16. The summed E-state index contributed by atoms with van der Waals surface area (Å²) in [5.74, 6) is -0.00154. The van der Waals surface area contributed by atoms with E-state index in [-0.39, 0.29) is 24.6 Å². The van der Waals surface area contributed by atoms with E-state index < -0.39 is 11.6 Å². The minimum absolute atomic E-state index is 0.108. The molecule has 0 unspecified atom stereocenters. The first-order chi connectivity index (χ1) is 15.4. The number of hydrogen-bond donors (Lipinski definition) is 2. The Morgan fingerprint density at radius 3 is 2.88 bits per heavy atom. The van der Waals surface area contributed by atoms with E-state index in [1.165, 1.54) is 0 Å². The van der Waals surface area contributed by atoms with Crippen molar-refractivity contribution in [3.63, 3.8) is 0 Å². The largest absolute Gasteiger partial charge is 0.497 e. The number of benzene rings is 1. The quantitative estimate of drug-likeness (QED) is 0.465. The Kier molecular flexibility index (Phi) is 3.89. The number of aromatic nitrogens is 2. The number of nitrogens with zero attached hydrogens (tertiary/aromatic N) is 2. The fourth-order valence-electron chi connectivity index (χ4n) is 5.48. The Bertz CT molecular complexity index is 1410. The summed E-state index contributed by atoms with van der Waals surface area (Å²) in [4.78, 5) is 30.7. The Hall–Kier alpha value is -3.23. The number of carbonyl (C=O) groups excluding carboxylic acids is 1. The molecule has 6 rings (SSSR count). The molecule has 0 radical (unpaired) electrons. The van der Waals surface area contributed by atoms with Gasteiger partial charge in [0, 0.05) is 28.6 Å². The van der Waals surface area contributed by atoms with Gasteiger partial charge in [-0.1, -0.05) is 6.92 Å². The molecule has 0 saturated carbocycles. The SMILES string of the molecule is CC[C@@]1(O)C(=O)OCc2c1cc1n(c2=O)Cc2c-1nc1cc(OC)cc3c1c2[C@H](N)CC3. The van der Waals surface area contributed by atoms with Crippen molar-refractivity contribution in [2.45, 2.75) is 51.0 Å². The van der Waals surface area contributed by atoms with Gasteiger partial charge in [-0.15, -0.1) is 0 Å². The number of methoxy groups -OCH3 is 1. The molecule has 2 aromatic heterocycles. The number of hydrogen-bond acceptors (Lipinski definition) is 7. The van der Waals surface area contributed by atoms with Crippen molar-refractivity contribution in [1.82, 2.24) is 9.55 Å². The number of carbonyl (C=O) groups is 1. The summed E-state index contributed by atoms with van der Waals surface area (Å²) in [6.45, 7) is 1.90. The highest BCUT2D eigenvalue weighted by atomic mass is 16.6. The maximum absolute atomic E-state index is 13.4. The van der Waals surface area contributed by atoms with Crippen LogP contribution in [0.5, 0.6) is 5.75 Å². The van der Waals surface area contributed by atoms with Gasteiger partial charge < -0.3 is 24.9 Å². The molecule has 0 fully saturated rings. The standard InChI is InChI=1S/C24H23N3O5/c1-3-24(30)15-8-18-21-13(9-27(18)22(28)14(15)10-32-23(24)29)20-16(25)5-4-11-6-12(31-2)7-17(26-21)19(11)20/h6-8,16,30H,3-5,9-10,25H2,1-2H3/t16-,24+/m1/s1. The van der Waals surface area contributed by atoms with E-state index in [9.17, 15) is 14.7 Å². The lowest BCUT2D eigenvalue weighted by Gasteiger charge is -2.31. The number of aryl methyl sites for hydroxylation is 1. The van der Waals surface area contributed by atoms with Crippen LogP contribution >= 0.6 is 0 Å². The molecule has 0 amide bonds. The van der Waals surface area contributed by atoms with E-state index >= 15 is 0 Å². The monoisotopic (exact) mass is 433 g/mol.